The van der Waals surface area contributed by atoms with E-state index in [2.05, 4.69) is 48.0 Å². The molecule has 22 heavy (non-hydrogen) atoms. The van der Waals surface area contributed by atoms with Crippen LogP contribution in [0.15, 0.2) is 29.3 Å². The van der Waals surface area contributed by atoms with E-state index in [0.717, 1.165) is 48.4 Å². The summed E-state index contributed by atoms with van der Waals surface area (Å²) in [5.74, 6) is 2.02. The largest absolute Gasteiger partial charge is 0.338 e. The number of hydrogen-bond donors (Lipinski definition) is 0. The monoisotopic (exact) mass is 316 g/mol. The Hall–Kier alpha value is -1.33. The van der Waals surface area contributed by atoms with E-state index in [9.17, 15) is 0 Å². The van der Waals surface area contributed by atoms with Crippen LogP contribution in [0.25, 0.3) is 10.9 Å². The van der Waals surface area contributed by atoms with Crippen molar-refractivity contribution in [1.82, 2.24) is 14.9 Å². The fourth-order valence-electron chi connectivity index (χ4n) is 2.61. The minimum absolute atomic E-state index is 0.894. The first-order valence-corrected chi connectivity index (χ1v) is 9.09. The van der Waals surface area contributed by atoms with Crippen LogP contribution >= 0.6 is 11.8 Å². The van der Waals surface area contributed by atoms with E-state index in [-0.39, 0.29) is 0 Å². The van der Waals surface area contributed by atoms with E-state index in [1.54, 1.807) is 0 Å². The molecule has 3 rings (SSSR count). The van der Waals surface area contributed by atoms with Crippen LogP contribution < -0.4 is 4.90 Å². The minimum Gasteiger partial charge on any atom is -0.338 e. The molecule has 0 atom stereocenters. The van der Waals surface area contributed by atoms with E-state index >= 15 is 0 Å². The summed E-state index contributed by atoms with van der Waals surface area (Å²) in [6.45, 7) is 6.40. The van der Waals surface area contributed by atoms with Gasteiger partial charge in [0.1, 0.15) is 5.03 Å². The van der Waals surface area contributed by atoms with Crippen molar-refractivity contribution in [2.24, 2.45) is 0 Å². The van der Waals surface area contributed by atoms with E-state index in [1.807, 2.05) is 11.8 Å². The Morgan fingerprint density at radius 3 is 2.64 bits per heavy atom. The number of piperazine rings is 1. The first-order valence-electron chi connectivity index (χ1n) is 8.11. The number of fused-ring (bicyclic) bond motifs is 1. The van der Waals surface area contributed by atoms with E-state index in [0.29, 0.717) is 0 Å². The average molecular weight is 316 g/mol. The van der Waals surface area contributed by atoms with Crippen LogP contribution in [0.5, 0.6) is 0 Å². The zero-order valence-electron chi connectivity index (χ0n) is 13.5. The zero-order valence-corrected chi connectivity index (χ0v) is 14.3. The molecular weight excluding hydrogens is 292 g/mol. The number of anilines is 1. The first-order chi connectivity index (χ1) is 10.8. The highest BCUT2D eigenvalue weighted by Crippen LogP contribution is 2.28. The van der Waals surface area contributed by atoms with Crippen LogP contribution in [0.3, 0.4) is 0 Å². The van der Waals surface area contributed by atoms with Crippen LogP contribution in [0.4, 0.5) is 5.95 Å². The van der Waals surface area contributed by atoms with Gasteiger partial charge in [-0.15, -0.1) is 11.8 Å². The smallest absolute Gasteiger partial charge is 0.227 e. The molecule has 0 aliphatic carbocycles. The number of para-hydroxylation sites is 1. The highest BCUT2D eigenvalue weighted by molar-refractivity contribution is 7.99. The Labute approximate surface area is 136 Å². The van der Waals surface area contributed by atoms with Crippen molar-refractivity contribution in [3.63, 3.8) is 0 Å². The number of aromatic nitrogens is 2. The molecule has 1 aliphatic rings. The molecule has 1 aromatic carbocycles. The van der Waals surface area contributed by atoms with Crippen molar-refractivity contribution >= 4 is 28.6 Å². The summed E-state index contributed by atoms with van der Waals surface area (Å²) in [6.07, 6.45) is 2.45. The van der Waals surface area contributed by atoms with Gasteiger partial charge in [0.25, 0.3) is 0 Å². The Morgan fingerprint density at radius 2 is 1.86 bits per heavy atom. The number of benzene rings is 1. The van der Waals surface area contributed by atoms with E-state index in [1.165, 1.54) is 18.2 Å². The molecule has 118 valence electrons. The maximum Gasteiger partial charge on any atom is 0.227 e. The lowest BCUT2D eigenvalue weighted by Crippen LogP contribution is -2.45. The zero-order chi connectivity index (χ0) is 15.4. The summed E-state index contributed by atoms with van der Waals surface area (Å²) < 4.78 is 0. The molecule has 0 N–H and O–H groups in total. The predicted molar refractivity (Wildman–Crippen MR) is 94.9 cm³/mol. The Morgan fingerprint density at radius 1 is 1.09 bits per heavy atom. The molecule has 0 saturated carbocycles. The molecule has 0 amide bonds. The number of hydrogen-bond acceptors (Lipinski definition) is 5. The summed E-state index contributed by atoms with van der Waals surface area (Å²) in [5.41, 5.74) is 1.06. The van der Waals surface area contributed by atoms with Crippen LogP contribution in [0.1, 0.15) is 19.8 Å². The van der Waals surface area contributed by atoms with Gasteiger partial charge >= 0.3 is 0 Å². The molecule has 0 unspecified atom stereocenters. The third kappa shape index (κ3) is 3.52. The maximum absolute atomic E-state index is 4.88. The van der Waals surface area contributed by atoms with Gasteiger partial charge in [-0.1, -0.05) is 31.5 Å². The number of unbranched alkanes of at least 4 members (excludes halogenated alkanes) is 1. The van der Waals surface area contributed by atoms with Crippen molar-refractivity contribution in [2.45, 2.75) is 24.8 Å². The minimum atomic E-state index is 0.894. The number of likely N-dealkylation sites (N-methyl/N-ethyl adjacent to an activating group) is 1. The van der Waals surface area contributed by atoms with Crippen LogP contribution in [0, 0.1) is 0 Å². The molecule has 0 bridgehead atoms. The third-order valence-corrected chi connectivity index (χ3v) is 5.16. The second-order valence-corrected chi connectivity index (χ2v) is 6.92. The summed E-state index contributed by atoms with van der Waals surface area (Å²) in [4.78, 5) is 14.3. The van der Waals surface area contributed by atoms with Crippen LogP contribution in [-0.4, -0.2) is 53.8 Å². The van der Waals surface area contributed by atoms with Gasteiger partial charge in [-0.3, -0.25) is 0 Å². The van der Waals surface area contributed by atoms with Crippen LogP contribution in [0.2, 0.25) is 0 Å². The Kier molecular flexibility index (Phi) is 5.16. The highest BCUT2D eigenvalue weighted by Gasteiger charge is 2.18. The van der Waals surface area contributed by atoms with Crippen molar-refractivity contribution in [1.29, 1.82) is 0 Å². The summed E-state index contributed by atoms with van der Waals surface area (Å²) in [7, 11) is 2.17. The maximum atomic E-state index is 4.88. The first kappa shape index (κ1) is 15.6. The molecule has 1 aliphatic heterocycles. The molecule has 1 aromatic heterocycles. The highest BCUT2D eigenvalue weighted by atomic mass is 32.2. The normalized spacial score (nSPS) is 16.4. The topological polar surface area (TPSA) is 32.3 Å². The van der Waals surface area contributed by atoms with Gasteiger partial charge in [0.05, 0.1) is 5.52 Å². The second kappa shape index (κ2) is 7.29. The molecule has 2 heterocycles. The molecule has 4 nitrogen and oxygen atoms in total. The fraction of sp³-hybridized carbons (Fsp3) is 0.529. The fourth-order valence-corrected chi connectivity index (χ4v) is 3.71. The summed E-state index contributed by atoms with van der Waals surface area (Å²) in [6, 6.07) is 8.37. The molecule has 2 aromatic rings. The molecular formula is C17H24N4S. The number of nitrogens with zero attached hydrogens (tertiary/aromatic N) is 4. The third-order valence-electron chi connectivity index (χ3n) is 4.08. The number of thioether (sulfide) groups is 1. The molecule has 1 fully saturated rings. The average Bonchev–Trinajstić information content (AvgIpc) is 2.55. The van der Waals surface area contributed by atoms with E-state index in [4.69, 9.17) is 9.97 Å². The summed E-state index contributed by atoms with van der Waals surface area (Å²) >= 11 is 1.87. The Bertz CT molecular complexity index is 623. The van der Waals surface area contributed by atoms with Crippen LogP contribution in [-0.2, 0) is 0 Å². The lowest BCUT2D eigenvalue weighted by Gasteiger charge is -2.32. The Balaban J connectivity index is 1.90. The van der Waals surface area contributed by atoms with Crippen molar-refractivity contribution in [3.05, 3.63) is 24.3 Å². The van der Waals surface area contributed by atoms with Gasteiger partial charge in [-0.2, -0.15) is 0 Å². The summed E-state index contributed by atoms with van der Waals surface area (Å²) in [5, 5.41) is 2.31. The second-order valence-electron chi connectivity index (χ2n) is 5.84. The molecule has 5 heteroatoms. The number of rotatable bonds is 5. The van der Waals surface area contributed by atoms with Gasteiger partial charge in [0, 0.05) is 31.6 Å². The van der Waals surface area contributed by atoms with Gasteiger partial charge in [0.2, 0.25) is 5.95 Å². The SMILES string of the molecule is CCCCSc1nc(N2CCN(C)CC2)nc2ccccc12. The standard InChI is InChI=1S/C17H24N4S/c1-3-4-13-22-16-14-7-5-6-8-15(14)18-17(19-16)21-11-9-20(2)10-12-21/h5-8H,3-4,9-13H2,1-2H3. The van der Waals surface area contributed by atoms with Gasteiger partial charge in [-0.05, 0) is 25.3 Å². The van der Waals surface area contributed by atoms with Crippen molar-refractivity contribution < 1.29 is 0 Å². The van der Waals surface area contributed by atoms with Gasteiger partial charge in [-0.25, -0.2) is 9.97 Å². The van der Waals surface area contributed by atoms with E-state index < -0.39 is 0 Å². The molecule has 1 saturated heterocycles. The molecule has 0 radical (unpaired) electrons. The lowest BCUT2D eigenvalue weighted by atomic mass is 10.2. The van der Waals surface area contributed by atoms with Gasteiger partial charge < -0.3 is 9.80 Å². The van der Waals surface area contributed by atoms with Gasteiger partial charge in [0.15, 0.2) is 0 Å². The van der Waals surface area contributed by atoms with Crippen molar-refractivity contribution in [2.75, 3.05) is 43.9 Å². The quantitative estimate of drug-likeness (QED) is 0.480. The predicted octanol–water partition coefficient (Wildman–Crippen LogP) is 3.27. The van der Waals surface area contributed by atoms with Crippen molar-refractivity contribution in [3.8, 4) is 0 Å². The molecule has 0 spiro atoms. The lowest BCUT2D eigenvalue weighted by molar-refractivity contribution is 0.311.